The second-order valence-electron chi connectivity index (χ2n) is 11.4. The molecule has 0 spiro atoms. The monoisotopic (exact) mass is 468 g/mol. The van der Waals surface area contributed by atoms with E-state index in [1.807, 2.05) is 6.92 Å². The van der Waals surface area contributed by atoms with Gasteiger partial charge in [0.1, 0.15) is 11.4 Å². The van der Waals surface area contributed by atoms with Gasteiger partial charge in [0.25, 0.3) is 5.56 Å². The van der Waals surface area contributed by atoms with E-state index in [9.17, 15) is 29.1 Å². The van der Waals surface area contributed by atoms with E-state index in [1.165, 1.54) is 6.20 Å². The number of hydrogen-bond donors (Lipinski definition) is 2. The number of ketones is 3. The molecule has 182 valence electrons. The fourth-order valence-electron chi connectivity index (χ4n) is 7.87. The smallest absolute Gasteiger partial charge is 0.328 e. The second-order valence-corrected chi connectivity index (χ2v) is 11.4. The lowest BCUT2D eigenvalue weighted by atomic mass is 9.46. The summed E-state index contributed by atoms with van der Waals surface area (Å²) in [5.74, 6) is -0.427. The number of aromatic nitrogens is 2. The van der Waals surface area contributed by atoms with E-state index in [4.69, 9.17) is 0 Å². The number of aromatic amines is 1. The highest BCUT2D eigenvalue weighted by molar-refractivity contribution is 5.94. The maximum atomic E-state index is 13.7. The largest absolute Gasteiger partial charge is 0.381 e. The number of aryl methyl sites for hydroxylation is 1. The van der Waals surface area contributed by atoms with Gasteiger partial charge in [0.05, 0.1) is 6.54 Å². The molecule has 6 unspecified atom stereocenters. The van der Waals surface area contributed by atoms with Crippen molar-refractivity contribution in [3.63, 3.8) is 0 Å². The zero-order valence-electron chi connectivity index (χ0n) is 20.0. The first kappa shape index (κ1) is 23.1. The minimum atomic E-state index is -1.72. The van der Waals surface area contributed by atoms with Crippen LogP contribution >= 0.6 is 0 Å². The molecule has 0 aliphatic heterocycles. The standard InChI is InChI=1S/C26H32N2O6/c1-14-12-28(23(33)27-22(14)32)13-20(31)26(34)9-7-18-17-5-4-15-10-16(29)6-8-24(15,2)21(17)19(30)11-25(18,26)3/h10,12,17-18,21,34H,4-9,11,13H2,1-3H3,(H,27,32,33). The highest BCUT2D eigenvalue weighted by Crippen LogP contribution is 2.66. The van der Waals surface area contributed by atoms with Crippen molar-refractivity contribution in [3.05, 3.63) is 44.2 Å². The van der Waals surface area contributed by atoms with Crippen LogP contribution < -0.4 is 11.2 Å². The van der Waals surface area contributed by atoms with Crippen molar-refractivity contribution < 1.29 is 19.5 Å². The van der Waals surface area contributed by atoms with E-state index >= 15 is 0 Å². The zero-order valence-corrected chi connectivity index (χ0v) is 20.0. The van der Waals surface area contributed by atoms with Gasteiger partial charge in [-0.1, -0.05) is 19.4 Å². The van der Waals surface area contributed by atoms with Gasteiger partial charge in [-0.15, -0.1) is 0 Å². The Morgan fingerprint density at radius 1 is 1.15 bits per heavy atom. The van der Waals surface area contributed by atoms with Crippen molar-refractivity contribution in [2.24, 2.45) is 28.6 Å². The fourth-order valence-corrected chi connectivity index (χ4v) is 7.87. The summed E-state index contributed by atoms with van der Waals surface area (Å²) in [6, 6.07) is 0. The van der Waals surface area contributed by atoms with Crippen molar-refractivity contribution in [2.45, 2.75) is 77.9 Å². The molecule has 34 heavy (non-hydrogen) atoms. The molecule has 5 rings (SSSR count). The molecule has 8 nitrogen and oxygen atoms in total. The van der Waals surface area contributed by atoms with E-state index in [2.05, 4.69) is 11.9 Å². The van der Waals surface area contributed by atoms with E-state index in [-0.39, 0.29) is 54.1 Å². The van der Waals surface area contributed by atoms with E-state index in [1.54, 1.807) is 13.0 Å². The molecule has 6 atom stereocenters. The summed E-state index contributed by atoms with van der Waals surface area (Å²) in [5.41, 5.74) is -2.78. The Bertz CT molecular complexity index is 1260. The van der Waals surface area contributed by atoms with Gasteiger partial charge >= 0.3 is 5.69 Å². The highest BCUT2D eigenvalue weighted by Gasteiger charge is 2.68. The van der Waals surface area contributed by atoms with Crippen molar-refractivity contribution in [1.82, 2.24) is 9.55 Å². The molecule has 0 bridgehead atoms. The van der Waals surface area contributed by atoms with Gasteiger partial charge in [-0.2, -0.15) is 0 Å². The molecule has 4 aliphatic carbocycles. The summed E-state index contributed by atoms with van der Waals surface area (Å²) >= 11 is 0. The highest BCUT2D eigenvalue weighted by atomic mass is 16.3. The van der Waals surface area contributed by atoms with Crippen molar-refractivity contribution in [3.8, 4) is 0 Å². The van der Waals surface area contributed by atoms with Crippen LogP contribution in [0.25, 0.3) is 0 Å². The number of H-pyrrole nitrogens is 1. The fraction of sp³-hybridized carbons (Fsp3) is 0.654. The Morgan fingerprint density at radius 3 is 2.62 bits per heavy atom. The van der Waals surface area contributed by atoms with Crippen LogP contribution in [-0.2, 0) is 20.9 Å². The molecule has 8 heteroatoms. The molecule has 0 amide bonds. The van der Waals surface area contributed by atoms with Gasteiger partial charge in [-0.3, -0.25) is 28.7 Å². The summed E-state index contributed by atoms with van der Waals surface area (Å²) in [6.45, 7) is 5.16. The lowest BCUT2D eigenvalue weighted by molar-refractivity contribution is -0.169. The molecular formula is C26H32N2O6. The first-order chi connectivity index (χ1) is 15.9. The van der Waals surface area contributed by atoms with Crippen LogP contribution in [0.1, 0.15) is 64.4 Å². The second kappa shape index (κ2) is 7.44. The average Bonchev–Trinajstić information content (AvgIpc) is 3.03. The number of hydrogen-bond acceptors (Lipinski definition) is 6. The number of nitrogens with one attached hydrogen (secondary N) is 1. The average molecular weight is 469 g/mol. The number of fused-ring (bicyclic) bond motifs is 5. The molecular weight excluding hydrogens is 436 g/mol. The Kier molecular flexibility index (Phi) is 5.07. The number of carbonyl (C=O) groups excluding carboxylic acids is 3. The summed E-state index contributed by atoms with van der Waals surface area (Å²) in [6.07, 6.45) is 6.74. The van der Waals surface area contributed by atoms with Crippen LogP contribution in [0.5, 0.6) is 0 Å². The topological polar surface area (TPSA) is 126 Å². The molecule has 3 fully saturated rings. The van der Waals surface area contributed by atoms with Crippen LogP contribution in [-0.4, -0.2) is 37.6 Å². The number of Topliss-reactive ketones (excluding diaryl/α,β-unsaturated/α-hetero) is 2. The lowest BCUT2D eigenvalue weighted by Crippen LogP contribution is -2.61. The Balaban J connectivity index is 1.47. The van der Waals surface area contributed by atoms with Crippen LogP contribution in [0.3, 0.4) is 0 Å². The molecule has 1 aromatic rings. The summed E-state index contributed by atoms with van der Waals surface area (Å²) < 4.78 is 1.12. The third-order valence-corrected chi connectivity index (χ3v) is 9.77. The van der Waals surface area contributed by atoms with E-state index in [0.29, 0.717) is 24.8 Å². The summed E-state index contributed by atoms with van der Waals surface area (Å²) in [5, 5.41) is 11.8. The minimum absolute atomic E-state index is 0.00851. The Labute approximate surface area is 197 Å². The van der Waals surface area contributed by atoms with E-state index < -0.39 is 28.0 Å². The first-order valence-electron chi connectivity index (χ1n) is 12.2. The van der Waals surface area contributed by atoms with Crippen LogP contribution in [0, 0.1) is 35.5 Å². The Morgan fingerprint density at radius 2 is 1.88 bits per heavy atom. The van der Waals surface area contributed by atoms with Crippen molar-refractivity contribution in [2.75, 3.05) is 0 Å². The predicted octanol–water partition coefficient (Wildman–Crippen LogP) is 1.86. The third-order valence-electron chi connectivity index (χ3n) is 9.77. The zero-order chi connectivity index (χ0) is 24.6. The SMILES string of the molecule is Cc1cn(CC(=O)C2(O)CCC3C4CCC5=CC(=O)CCC5(C)C4C(=O)CC32C)c(=O)[nH]c1=O. The number of allylic oxidation sites excluding steroid dienone is 1. The normalized spacial score (nSPS) is 39.2. The van der Waals surface area contributed by atoms with Gasteiger partial charge in [0.2, 0.25) is 0 Å². The summed E-state index contributed by atoms with van der Waals surface area (Å²) in [7, 11) is 0. The van der Waals surface area contributed by atoms with Gasteiger partial charge in [-0.25, -0.2) is 4.79 Å². The maximum absolute atomic E-state index is 13.7. The van der Waals surface area contributed by atoms with Crippen LogP contribution in [0.4, 0.5) is 0 Å². The van der Waals surface area contributed by atoms with Gasteiger partial charge in [-0.05, 0) is 62.4 Å². The molecule has 2 N–H and O–H groups in total. The van der Waals surface area contributed by atoms with Crippen LogP contribution in [0.2, 0.25) is 0 Å². The van der Waals surface area contributed by atoms with Gasteiger partial charge < -0.3 is 5.11 Å². The first-order valence-corrected chi connectivity index (χ1v) is 12.2. The number of nitrogens with zero attached hydrogens (tertiary/aromatic N) is 1. The number of carbonyl (C=O) groups is 3. The van der Waals surface area contributed by atoms with Gasteiger partial charge in [0, 0.05) is 35.9 Å². The number of aliphatic hydroxyl groups is 1. The molecule has 3 saturated carbocycles. The minimum Gasteiger partial charge on any atom is -0.381 e. The molecule has 0 aromatic carbocycles. The molecule has 1 aromatic heterocycles. The molecule has 1 heterocycles. The Hall–Kier alpha value is -2.61. The van der Waals surface area contributed by atoms with Crippen molar-refractivity contribution in [1.29, 1.82) is 0 Å². The molecule has 0 radical (unpaired) electrons. The molecule has 0 saturated heterocycles. The van der Waals surface area contributed by atoms with Crippen LogP contribution in [0.15, 0.2) is 27.4 Å². The molecule has 4 aliphatic rings. The quantitative estimate of drug-likeness (QED) is 0.697. The summed E-state index contributed by atoms with van der Waals surface area (Å²) in [4.78, 5) is 65.3. The predicted molar refractivity (Wildman–Crippen MR) is 123 cm³/mol. The van der Waals surface area contributed by atoms with Crippen molar-refractivity contribution >= 4 is 17.3 Å². The lowest BCUT2D eigenvalue weighted by Gasteiger charge is -2.57. The number of rotatable bonds is 3. The van der Waals surface area contributed by atoms with Gasteiger partial charge in [0.15, 0.2) is 11.6 Å². The third kappa shape index (κ3) is 3.03. The maximum Gasteiger partial charge on any atom is 0.328 e. The van der Waals surface area contributed by atoms with E-state index in [0.717, 1.165) is 23.0 Å².